The van der Waals surface area contributed by atoms with E-state index in [9.17, 15) is 28.4 Å². The normalized spacial score (nSPS) is 17.2. The fourth-order valence-corrected chi connectivity index (χ4v) is 4.38. The van der Waals surface area contributed by atoms with E-state index in [1.807, 2.05) is 0 Å². The van der Waals surface area contributed by atoms with Crippen LogP contribution < -0.4 is 0 Å². The first-order valence-electron chi connectivity index (χ1n) is 5.98. The van der Waals surface area contributed by atoms with Crippen molar-refractivity contribution in [1.29, 1.82) is 0 Å². The van der Waals surface area contributed by atoms with Crippen molar-refractivity contribution in [3.63, 3.8) is 0 Å². The molecule has 0 heterocycles. The van der Waals surface area contributed by atoms with Crippen molar-refractivity contribution in [2.24, 2.45) is 5.41 Å². The second-order valence-corrected chi connectivity index (χ2v) is 6.88. The number of nitro benzene ring substituents is 1. The quantitative estimate of drug-likeness (QED) is 0.652. The van der Waals surface area contributed by atoms with Gasteiger partial charge in [0, 0.05) is 6.07 Å². The maximum absolute atomic E-state index is 12.3. The molecule has 2 rings (SSSR count). The molecule has 1 aromatic carbocycles. The van der Waals surface area contributed by atoms with Crippen LogP contribution in [0, 0.1) is 15.5 Å². The highest BCUT2D eigenvalue weighted by atomic mass is 32.2. The van der Waals surface area contributed by atoms with Crippen LogP contribution in [-0.2, 0) is 14.6 Å². The van der Waals surface area contributed by atoms with Crippen LogP contribution in [0.4, 0.5) is 5.69 Å². The van der Waals surface area contributed by atoms with Gasteiger partial charge in [-0.3, -0.25) is 14.9 Å². The number of rotatable bonds is 5. The average Bonchev–Trinajstić information content (AvgIpc) is 2.33. The molecule has 0 amide bonds. The minimum absolute atomic E-state index is 0.280. The molecule has 1 saturated carbocycles. The standard InChI is InChI=1S/C12H13NO6S/c14-11(15)12(6-3-7-12)8-20(18,19)10-5-2-1-4-9(10)13(16)17/h1-2,4-5H,3,6-8H2,(H,14,15). The maximum Gasteiger partial charge on any atom is 0.310 e. The first-order valence-corrected chi connectivity index (χ1v) is 7.63. The third kappa shape index (κ3) is 2.38. The van der Waals surface area contributed by atoms with Crippen LogP contribution in [0.2, 0.25) is 0 Å². The van der Waals surface area contributed by atoms with Crippen molar-refractivity contribution >= 4 is 21.5 Å². The van der Waals surface area contributed by atoms with Gasteiger partial charge in [0.25, 0.3) is 5.69 Å². The first-order chi connectivity index (χ1) is 9.28. The predicted octanol–water partition coefficient (Wildman–Crippen LogP) is 1.62. The lowest BCUT2D eigenvalue weighted by Crippen LogP contribution is -2.43. The van der Waals surface area contributed by atoms with Gasteiger partial charge in [-0.25, -0.2) is 8.42 Å². The summed E-state index contributed by atoms with van der Waals surface area (Å²) < 4.78 is 24.6. The van der Waals surface area contributed by atoms with Gasteiger partial charge < -0.3 is 5.11 Å². The molecule has 8 heteroatoms. The Morgan fingerprint density at radius 3 is 2.40 bits per heavy atom. The summed E-state index contributed by atoms with van der Waals surface area (Å²) in [5.74, 6) is -1.76. The number of carbonyl (C=O) groups is 1. The van der Waals surface area contributed by atoms with Crippen molar-refractivity contribution < 1.29 is 23.2 Å². The molecule has 0 atom stereocenters. The van der Waals surface area contributed by atoms with Crippen molar-refractivity contribution in [3.05, 3.63) is 34.4 Å². The highest BCUT2D eigenvalue weighted by Crippen LogP contribution is 2.44. The van der Waals surface area contributed by atoms with Crippen LogP contribution in [0.5, 0.6) is 0 Å². The molecule has 0 saturated heterocycles. The van der Waals surface area contributed by atoms with Crippen molar-refractivity contribution in [3.8, 4) is 0 Å². The minimum Gasteiger partial charge on any atom is -0.481 e. The summed E-state index contributed by atoms with van der Waals surface area (Å²) in [6.45, 7) is 0. The summed E-state index contributed by atoms with van der Waals surface area (Å²) in [5, 5.41) is 20.1. The third-order valence-electron chi connectivity index (χ3n) is 3.63. The van der Waals surface area contributed by atoms with Crippen LogP contribution in [0.3, 0.4) is 0 Å². The van der Waals surface area contributed by atoms with Gasteiger partial charge in [-0.05, 0) is 18.9 Å². The summed E-state index contributed by atoms with van der Waals surface area (Å²) >= 11 is 0. The fraction of sp³-hybridized carbons (Fsp3) is 0.417. The zero-order chi connectivity index (χ0) is 15.0. The molecule has 1 N–H and O–H groups in total. The largest absolute Gasteiger partial charge is 0.481 e. The summed E-state index contributed by atoms with van der Waals surface area (Å²) in [7, 11) is -4.02. The van der Waals surface area contributed by atoms with E-state index in [1.54, 1.807) is 0 Å². The Bertz CT molecular complexity index is 662. The third-order valence-corrected chi connectivity index (χ3v) is 5.58. The van der Waals surface area contributed by atoms with E-state index < -0.39 is 42.5 Å². The lowest BCUT2D eigenvalue weighted by atomic mass is 9.70. The van der Waals surface area contributed by atoms with Gasteiger partial charge >= 0.3 is 5.97 Å². The molecule has 0 unspecified atom stereocenters. The van der Waals surface area contributed by atoms with E-state index in [4.69, 9.17) is 0 Å². The molecule has 0 aliphatic heterocycles. The molecular formula is C12H13NO6S. The molecule has 1 aromatic rings. The molecule has 1 aliphatic rings. The van der Waals surface area contributed by atoms with E-state index in [-0.39, 0.29) is 12.8 Å². The number of carboxylic acids is 1. The van der Waals surface area contributed by atoms with Crippen LogP contribution in [-0.4, -0.2) is 30.2 Å². The number of para-hydroxylation sites is 1. The SMILES string of the molecule is O=C(O)C1(CS(=O)(=O)c2ccccc2[N+](=O)[O-])CCC1. The van der Waals surface area contributed by atoms with E-state index in [1.165, 1.54) is 12.1 Å². The second kappa shape index (κ2) is 4.86. The van der Waals surface area contributed by atoms with Gasteiger partial charge in [-0.15, -0.1) is 0 Å². The van der Waals surface area contributed by atoms with E-state index in [0.717, 1.165) is 12.1 Å². The van der Waals surface area contributed by atoms with Crippen molar-refractivity contribution in [2.75, 3.05) is 5.75 Å². The van der Waals surface area contributed by atoms with E-state index in [0.29, 0.717) is 6.42 Å². The van der Waals surface area contributed by atoms with Gasteiger partial charge in [-0.1, -0.05) is 18.6 Å². The van der Waals surface area contributed by atoms with Gasteiger partial charge in [0.15, 0.2) is 9.84 Å². The molecule has 0 radical (unpaired) electrons. The molecule has 108 valence electrons. The summed E-state index contributed by atoms with van der Waals surface area (Å²) in [4.78, 5) is 20.9. The highest BCUT2D eigenvalue weighted by molar-refractivity contribution is 7.91. The van der Waals surface area contributed by atoms with Gasteiger partial charge in [0.1, 0.15) is 4.90 Å². The van der Waals surface area contributed by atoms with Gasteiger partial charge in [0.05, 0.1) is 16.1 Å². The molecule has 0 spiro atoms. The van der Waals surface area contributed by atoms with Crippen LogP contribution in [0.1, 0.15) is 19.3 Å². The molecule has 7 nitrogen and oxygen atoms in total. The number of nitro groups is 1. The van der Waals surface area contributed by atoms with Crippen LogP contribution in [0.15, 0.2) is 29.2 Å². The molecular weight excluding hydrogens is 286 g/mol. The lowest BCUT2D eigenvalue weighted by Gasteiger charge is -2.37. The zero-order valence-electron chi connectivity index (χ0n) is 10.5. The molecule has 0 aromatic heterocycles. The second-order valence-electron chi connectivity index (χ2n) is 4.92. The number of hydrogen-bond acceptors (Lipinski definition) is 5. The smallest absolute Gasteiger partial charge is 0.310 e. The maximum atomic E-state index is 12.3. The highest BCUT2D eigenvalue weighted by Gasteiger charge is 2.48. The Kier molecular flexibility index (Phi) is 3.51. The topological polar surface area (TPSA) is 115 Å². The molecule has 1 aliphatic carbocycles. The number of carboxylic acid groups (broad SMARTS) is 1. The number of aliphatic carboxylic acids is 1. The monoisotopic (exact) mass is 299 g/mol. The van der Waals surface area contributed by atoms with E-state index in [2.05, 4.69) is 0 Å². The fourth-order valence-electron chi connectivity index (χ4n) is 2.34. The van der Waals surface area contributed by atoms with Crippen LogP contribution >= 0.6 is 0 Å². The Hall–Kier alpha value is -1.96. The Labute approximate surface area is 115 Å². The van der Waals surface area contributed by atoms with Crippen molar-refractivity contribution in [2.45, 2.75) is 24.2 Å². The summed E-state index contributed by atoms with van der Waals surface area (Å²) in [5.41, 5.74) is -1.82. The van der Waals surface area contributed by atoms with Gasteiger partial charge in [0.2, 0.25) is 0 Å². The molecule has 20 heavy (non-hydrogen) atoms. The van der Waals surface area contributed by atoms with Gasteiger partial charge in [-0.2, -0.15) is 0 Å². The number of hydrogen-bond donors (Lipinski definition) is 1. The van der Waals surface area contributed by atoms with E-state index >= 15 is 0 Å². The number of sulfone groups is 1. The molecule has 1 fully saturated rings. The number of nitrogens with zero attached hydrogens (tertiary/aromatic N) is 1. The van der Waals surface area contributed by atoms with Crippen molar-refractivity contribution in [1.82, 2.24) is 0 Å². The lowest BCUT2D eigenvalue weighted by molar-refractivity contribution is -0.387. The Balaban J connectivity index is 2.42. The summed E-state index contributed by atoms with van der Waals surface area (Å²) in [6, 6.07) is 4.99. The predicted molar refractivity (Wildman–Crippen MR) is 69.1 cm³/mol. The molecule has 0 bridgehead atoms. The minimum atomic E-state index is -4.02. The first kappa shape index (κ1) is 14.4. The number of benzene rings is 1. The average molecular weight is 299 g/mol. The summed E-state index contributed by atoms with van der Waals surface area (Å²) in [6.07, 6.45) is 1.21. The van der Waals surface area contributed by atoms with Crippen LogP contribution in [0.25, 0.3) is 0 Å². The Morgan fingerprint density at radius 1 is 1.35 bits per heavy atom. The zero-order valence-corrected chi connectivity index (χ0v) is 11.3. The Morgan fingerprint density at radius 2 is 1.95 bits per heavy atom.